The highest BCUT2D eigenvalue weighted by Crippen LogP contribution is 2.55. The molecule has 0 radical (unpaired) electrons. The Morgan fingerprint density at radius 1 is 0.767 bits per heavy atom. The highest BCUT2D eigenvalue weighted by atomic mass is 127. The normalized spacial score (nSPS) is 28.2. The Balaban J connectivity index is 1.05. The first-order valence-electron chi connectivity index (χ1n) is 29.3. The summed E-state index contributed by atoms with van der Waals surface area (Å²) in [6, 6.07) is 17.8. The van der Waals surface area contributed by atoms with Crippen molar-refractivity contribution in [1.82, 2.24) is 4.90 Å². The molecule has 1 fully saturated rings. The van der Waals surface area contributed by atoms with Gasteiger partial charge in [0, 0.05) is 39.2 Å². The van der Waals surface area contributed by atoms with E-state index in [1.165, 1.54) is 115 Å². The Morgan fingerprint density at radius 2 is 1.56 bits per heavy atom. The summed E-state index contributed by atoms with van der Waals surface area (Å²) in [6.45, 7) is 16.7. The minimum absolute atomic E-state index is 0.315. The first-order chi connectivity index (χ1) is 35.6. The second-order valence-electron chi connectivity index (χ2n) is 24.1. The van der Waals surface area contributed by atoms with E-state index in [2.05, 4.69) is 196 Å². The third-order valence-electron chi connectivity index (χ3n) is 19.2. The van der Waals surface area contributed by atoms with E-state index in [0.717, 1.165) is 61.2 Å². The molecule has 3 heteroatoms. The van der Waals surface area contributed by atoms with E-state index >= 15 is 0 Å². The van der Waals surface area contributed by atoms with Gasteiger partial charge in [0.2, 0.25) is 0 Å². The van der Waals surface area contributed by atoms with E-state index in [1.807, 2.05) is 0 Å². The summed E-state index contributed by atoms with van der Waals surface area (Å²) in [5.74, 6) is 4.09. The maximum absolute atomic E-state index is 3.06. The molecule has 0 spiro atoms. The number of benzene rings is 2. The predicted molar refractivity (Wildman–Crippen MR) is 321 cm³/mol. The Hall–Kier alpha value is -4.35. The van der Waals surface area contributed by atoms with Gasteiger partial charge in [0.15, 0.2) is 0 Å². The number of rotatable bonds is 12. The van der Waals surface area contributed by atoms with Crippen molar-refractivity contribution < 1.29 is 0 Å². The number of fused-ring (bicyclic) bond motifs is 4. The molecule has 9 aliphatic rings. The largest absolute Gasteiger partial charge is 0.363 e. The lowest BCUT2D eigenvalue weighted by atomic mass is 9.64. The molecule has 382 valence electrons. The van der Waals surface area contributed by atoms with Gasteiger partial charge in [0.05, 0.1) is 6.04 Å². The molecule has 0 aliphatic heterocycles. The van der Waals surface area contributed by atoms with Crippen LogP contribution in [-0.2, 0) is 0 Å². The van der Waals surface area contributed by atoms with Crippen molar-refractivity contribution in [3.05, 3.63) is 194 Å². The van der Waals surface area contributed by atoms with Crippen LogP contribution in [-0.4, -0.2) is 21.4 Å². The summed E-state index contributed by atoms with van der Waals surface area (Å²) in [4.78, 5) is 5.78. The summed E-state index contributed by atoms with van der Waals surface area (Å²) in [5.41, 5.74) is 25.7. The smallest absolute Gasteiger partial charge is 0.0583 e. The lowest BCUT2D eigenvalue weighted by molar-refractivity contribution is 0.171. The van der Waals surface area contributed by atoms with Gasteiger partial charge in [-0.3, -0.25) is 0 Å². The molecule has 0 saturated heterocycles. The van der Waals surface area contributed by atoms with E-state index in [-0.39, 0.29) is 0 Å². The van der Waals surface area contributed by atoms with Crippen LogP contribution in [0.4, 0.5) is 11.4 Å². The second kappa shape index (κ2) is 22.1. The average Bonchev–Trinajstić information content (AvgIpc) is 3.42. The summed E-state index contributed by atoms with van der Waals surface area (Å²) >= 11 is 2.75. The zero-order valence-electron chi connectivity index (χ0n) is 45.7. The summed E-state index contributed by atoms with van der Waals surface area (Å²) < 4.78 is 1.02. The molecule has 1 saturated carbocycles. The van der Waals surface area contributed by atoms with Gasteiger partial charge in [0.1, 0.15) is 0 Å². The van der Waals surface area contributed by atoms with Crippen LogP contribution in [0, 0.1) is 42.4 Å². The predicted octanol–water partition coefficient (Wildman–Crippen LogP) is 19.8. The summed E-state index contributed by atoms with van der Waals surface area (Å²) in [5, 5.41) is 0. The van der Waals surface area contributed by atoms with Crippen LogP contribution in [0.5, 0.6) is 0 Å². The van der Waals surface area contributed by atoms with Gasteiger partial charge in [-0.15, -0.1) is 0 Å². The van der Waals surface area contributed by atoms with E-state index in [9.17, 15) is 0 Å². The average molecular weight is 1080 g/mol. The van der Waals surface area contributed by atoms with Crippen LogP contribution in [0.15, 0.2) is 177 Å². The van der Waals surface area contributed by atoms with E-state index in [0.29, 0.717) is 41.7 Å². The van der Waals surface area contributed by atoms with Gasteiger partial charge in [-0.1, -0.05) is 166 Å². The minimum Gasteiger partial charge on any atom is -0.363 e. The molecule has 0 heterocycles. The number of hydrogen-bond acceptors (Lipinski definition) is 2. The maximum atomic E-state index is 3.06. The van der Waals surface area contributed by atoms with Crippen molar-refractivity contribution in [2.45, 2.75) is 176 Å². The standard InChI is InChI=1S/C70H85IN2/c1-8-49(59-32-18-22-50-20-9-11-26-60(50)59)40-56(44-71)73(55-35-37-58(46(4)5)48(7)39-55)70-43-68-63-28-13-15-30-65(63)69(42-67(68)64-29-14-16-31-66(64)70)72(54-34-36-57(45(2)3)47(6)38-54)53-25-17-24-52(41-53)62-33-19-23-51-21-10-12-27-61(51)62/h8,12-13,15-17,24-25,27,31-34,36-38,40-42,45-46,48,50,55,60,63,65,70H,9-11,14,18-23,26,28-30,35,39,43-44H2,1-7H3/b49-8+,56-40+/t48?,50?,55-,60?,63?,65?,70?/m1/s1. The van der Waals surface area contributed by atoms with Gasteiger partial charge >= 0.3 is 0 Å². The molecule has 73 heavy (non-hydrogen) atoms. The summed E-state index contributed by atoms with van der Waals surface area (Å²) in [7, 11) is 0. The van der Waals surface area contributed by atoms with Crippen molar-refractivity contribution in [1.29, 1.82) is 0 Å². The van der Waals surface area contributed by atoms with Crippen LogP contribution in [0.2, 0.25) is 0 Å². The molecule has 9 aliphatic carbocycles. The first kappa shape index (κ1) is 50.8. The zero-order chi connectivity index (χ0) is 50.3. The van der Waals surface area contributed by atoms with Crippen molar-refractivity contribution in [2.24, 2.45) is 35.5 Å². The molecular weight excluding hydrogens is 996 g/mol. The van der Waals surface area contributed by atoms with Gasteiger partial charge < -0.3 is 9.80 Å². The van der Waals surface area contributed by atoms with Crippen LogP contribution in [0.3, 0.4) is 0 Å². The van der Waals surface area contributed by atoms with E-state index < -0.39 is 0 Å². The van der Waals surface area contributed by atoms with Crippen molar-refractivity contribution in [3.8, 4) is 0 Å². The summed E-state index contributed by atoms with van der Waals surface area (Å²) in [6.07, 6.45) is 51.6. The van der Waals surface area contributed by atoms with Gasteiger partial charge in [-0.2, -0.15) is 0 Å². The van der Waals surface area contributed by atoms with Gasteiger partial charge in [0.25, 0.3) is 0 Å². The number of alkyl halides is 1. The molecule has 0 amide bonds. The Bertz CT molecular complexity index is 2850. The molecule has 6 unspecified atom stereocenters. The fourth-order valence-corrected chi connectivity index (χ4v) is 16.5. The van der Waals surface area contributed by atoms with Crippen LogP contribution >= 0.6 is 22.6 Å². The highest BCUT2D eigenvalue weighted by molar-refractivity contribution is 14.1. The molecule has 2 nitrogen and oxygen atoms in total. The lowest BCUT2D eigenvalue weighted by Crippen LogP contribution is -2.48. The fourth-order valence-electron chi connectivity index (χ4n) is 15.9. The number of hydrogen-bond donors (Lipinski definition) is 0. The maximum Gasteiger partial charge on any atom is 0.0583 e. The van der Waals surface area contributed by atoms with Crippen LogP contribution in [0.25, 0.3) is 5.57 Å². The molecule has 2 aromatic rings. The number of halogens is 1. The highest BCUT2D eigenvalue weighted by Gasteiger charge is 2.44. The minimum atomic E-state index is 0.315. The Kier molecular flexibility index (Phi) is 15.4. The monoisotopic (exact) mass is 1080 g/mol. The zero-order valence-corrected chi connectivity index (χ0v) is 47.8. The molecule has 0 aromatic heterocycles. The molecule has 2 aromatic carbocycles. The van der Waals surface area contributed by atoms with E-state index in [4.69, 9.17) is 0 Å². The lowest BCUT2D eigenvalue weighted by Gasteiger charge is -2.50. The third kappa shape index (κ3) is 9.90. The van der Waals surface area contributed by atoms with Crippen molar-refractivity contribution in [2.75, 3.05) is 9.33 Å². The van der Waals surface area contributed by atoms with Crippen molar-refractivity contribution in [3.63, 3.8) is 0 Å². The quantitative estimate of drug-likeness (QED) is 0.0905. The number of nitrogens with zero attached hydrogens (tertiary/aromatic N) is 2. The number of anilines is 2. The number of aryl methyl sites for hydroxylation is 1. The molecular formula is C70H85IN2. The van der Waals surface area contributed by atoms with Gasteiger partial charge in [-0.05, 0) is 238 Å². The second-order valence-corrected chi connectivity index (χ2v) is 24.9. The third-order valence-corrected chi connectivity index (χ3v) is 20.0. The Labute approximate surface area is 455 Å². The number of allylic oxidation sites excluding steroid dienone is 20. The van der Waals surface area contributed by atoms with Gasteiger partial charge in [-0.25, -0.2) is 0 Å². The van der Waals surface area contributed by atoms with E-state index in [1.54, 1.807) is 44.7 Å². The topological polar surface area (TPSA) is 6.48 Å². The Morgan fingerprint density at radius 3 is 2.36 bits per heavy atom. The molecule has 11 rings (SSSR count). The molecule has 7 atom stereocenters. The first-order valence-corrected chi connectivity index (χ1v) is 30.9. The molecule has 0 bridgehead atoms. The van der Waals surface area contributed by atoms with Crippen LogP contribution in [0.1, 0.15) is 173 Å². The molecule has 0 N–H and O–H groups in total. The van der Waals surface area contributed by atoms with Crippen LogP contribution < -0.4 is 4.90 Å². The fraction of sp³-hybridized carbons (Fsp3) is 0.486. The van der Waals surface area contributed by atoms with Crippen molar-refractivity contribution >= 4 is 39.5 Å². The SMILES string of the molecule is C/C=C(\C=C(/CI)N(C1CC2=C(C=C(N(c3cccc(C4=CCCC5=C4C=CCC5)c3)c3ccc(C(C)C)c(C)c3)C3CC=CCC23)C2=C1C=CCC2)[C@@H]1CC=C(C(C)C)C(C)C1)C1=CCCC2CCCCC12.